The molecular formula is C18H36O3. The largest absolute Gasteiger partial charge is 0.481 e. The summed E-state index contributed by atoms with van der Waals surface area (Å²) in [6, 6.07) is 0. The van der Waals surface area contributed by atoms with Gasteiger partial charge in [0.15, 0.2) is 0 Å². The van der Waals surface area contributed by atoms with Gasteiger partial charge < -0.3 is 10.2 Å². The lowest BCUT2D eigenvalue weighted by Gasteiger charge is -2.15. The second-order valence-corrected chi connectivity index (χ2v) is 6.30. The van der Waals surface area contributed by atoms with E-state index in [1.54, 1.807) is 0 Å². The van der Waals surface area contributed by atoms with Crippen LogP contribution in [0.4, 0.5) is 0 Å². The van der Waals surface area contributed by atoms with Crippen LogP contribution in [0.1, 0.15) is 97.3 Å². The fourth-order valence-corrected chi connectivity index (χ4v) is 2.72. The van der Waals surface area contributed by atoms with E-state index in [4.69, 9.17) is 5.11 Å². The molecule has 0 aliphatic heterocycles. The summed E-state index contributed by atoms with van der Waals surface area (Å²) in [7, 11) is 0. The number of unbranched alkanes of at least 4 members (excludes halogenated alkanes) is 9. The molecule has 0 saturated heterocycles. The summed E-state index contributed by atoms with van der Waals surface area (Å²) in [6.07, 6.45) is 14.0. The molecule has 0 aliphatic carbocycles. The third kappa shape index (κ3) is 12.9. The monoisotopic (exact) mass is 300 g/mol. The van der Waals surface area contributed by atoms with Crippen LogP contribution in [0.2, 0.25) is 0 Å². The van der Waals surface area contributed by atoms with Crippen molar-refractivity contribution >= 4 is 5.97 Å². The second kappa shape index (κ2) is 14.4. The number of carboxylic acids is 1. The van der Waals surface area contributed by atoms with E-state index in [0.717, 1.165) is 12.8 Å². The average Bonchev–Trinajstić information content (AvgIpc) is 2.47. The Morgan fingerprint density at radius 1 is 0.857 bits per heavy atom. The predicted molar refractivity (Wildman–Crippen MR) is 88.5 cm³/mol. The second-order valence-electron chi connectivity index (χ2n) is 6.30. The van der Waals surface area contributed by atoms with Crippen molar-refractivity contribution in [2.45, 2.75) is 103 Å². The van der Waals surface area contributed by atoms with E-state index < -0.39 is 12.1 Å². The van der Waals surface area contributed by atoms with Crippen molar-refractivity contribution in [3.05, 3.63) is 0 Å². The van der Waals surface area contributed by atoms with E-state index in [9.17, 15) is 9.90 Å². The van der Waals surface area contributed by atoms with Crippen LogP contribution in [-0.2, 0) is 4.79 Å². The van der Waals surface area contributed by atoms with Gasteiger partial charge in [0, 0.05) is 0 Å². The van der Waals surface area contributed by atoms with Crippen molar-refractivity contribution in [3.63, 3.8) is 0 Å². The lowest BCUT2D eigenvalue weighted by Crippen LogP contribution is -2.20. The fourth-order valence-electron chi connectivity index (χ4n) is 2.72. The van der Waals surface area contributed by atoms with Gasteiger partial charge in [0.2, 0.25) is 0 Å². The number of rotatable bonds is 15. The third-order valence-corrected chi connectivity index (χ3v) is 4.28. The Morgan fingerprint density at radius 2 is 1.33 bits per heavy atom. The molecule has 0 heterocycles. The van der Waals surface area contributed by atoms with E-state index in [2.05, 4.69) is 6.92 Å². The fraction of sp³-hybridized carbons (Fsp3) is 0.944. The summed E-state index contributed by atoms with van der Waals surface area (Å²) in [5.74, 6) is -1.12. The molecule has 2 N–H and O–H groups in total. The first-order chi connectivity index (χ1) is 10.1. The third-order valence-electron chi connectivity index (χ3n) is 4.28. The zero-order valence-electron chi connectivity index (χ0n) is 14.1. The van der Waals surface area contributed by atoms with Crippen LogP contribution in [0.5, 0.6) is 0 Å². The summed E-state index contributed by atoms with van der Waals surface area (Å²) in [5, 5.41) is 18.7. The molecule has 0 spiro atoms. The van der Waals surface area contributed by atoms with E-state index in [0.29, 0.717) is 19.3 Å². The molecule has 0 aromatic heterocycles. The van der Waals surface area contributed by atoms with Crippen molar-refractivity contribution < 1.29 is 15.0 Å². The molecule has 21 heavy (non-hydrogen) atoms. The van der Waals surface area contributed by atoms with Crippen LogP contribution in [-0.4, -0.2) is 22.3 Å². The Hall–Kier alpha value is -0.570. The first-order valence-electron chi connectivity index (χ1n) is 9.02. The Kier molecular flexibility index (Phi) is 14.0. The van der Waals surface area contributed by atoms with Crippen LogP contribution in [0.15, 0.2) is 0 Å². The highest BCUT2D eigenvalue weighted by Gasteiger charge is 2.19. The van der Waals surface area contributed by atoms with E-state index >= 15 is 0 Å². The van der Waals surface area contributed by atoms with Gasteiger partial charge >= 0.3 is 5.97 Å². The maximum Gasteiger partial charge on any atom is 0.306 e. The number of aliphatic carboxylic acids is 1. The molecule has 2 atom stereocenters. The maximum absolute atomic E-state index is 11.1. The van der Waals surface area contributed by atoms with Crippen molar-refractivity contribution in [1.82, 2.24) is 0 Å². The minimum Gasteiger partial charge on any atom is -0.481 e. The minimum atomic E-state index is -0.751. The molecule has 0 aromatic carbocycles. The lowest BCUT2D eigenvalue weighted by molar-refractivity contribution is -0.143. The number of aliphatic hydroxyl groups excluding tert-OH is 1. The summed E-state index contributed by atoms with van der Waals surface area (Å²) >= 11 is 0. The zero-order chi connectivity index (χ0) is 15.9. The zero-order valence-corrected chi connectivity index (χ0v) is 14.1. The molecule has 126 valence electrons. The van der Waals surface area contributed by atoms with E-state index in [1.165, 1.54) is 51.4 Å². The molecule has 0 bridgehead atoms. The van der Waals surface area contributed by atoms with Crippen LogP contribution in [0.25, 0.3) is 0 Å². The highest BCUT2D eigenvalue weighted by atomic mass is 16.4. The molecule has 3 nitrogen and oxygen atoms in total. The number of hydrogen-bond acceptors (Lipinski definition) is 2. The van der Waals surface area contributed by atoms with Crippen LogP contribution >= 0.6 is 0 Å². The van der Waals surface area contributed by atoms with Gasteiger partial charge in [0.25, 0.3) is 0 Å². The van der Waals surface area contributed by atoms with Crippen molar-refractivity contribution in [1.29, 1.82) is 0 Å². The van der Waals surface area contributed by atoms with Gasteiger partial charge in [0.1, 0.15) is 0 Å². The SMILES string of the molecule is CCCCCCCCCCCCC(CC(O)CC)C(=O)O. The van der Waals surface area contributed by atoms with Gasteiger partial charge in [-0.15, -0.1) is 0 Å². The van der Waals surface area contributed by atoms with Gasteiger partial charge in [-0.1, -0.05) is 78.1 Å². The highest BCUT2D eigenvalue weighted by Crippen LogP contribution is 2.18. The highest BCUT2D eigenvalue weighted by molar-refractivity contribution is 5.69. The van der Waals surface area contributed by atoms with Gasteiger partial charge in [-0.25, -0.2) is 0 Å². The van der Waals surface area contributed by atoms with E-state index in [1.807, 2.05) is 6.92 Å². The molecule has 0 rings (SSSR count). The van der Waals surface area contributed by atoms with Gasteiger partial charge in [-0.3, -0.25) is 4.79 Å². The quantitative estimate of drug-likeness (QED) is 0.411. The Labute approximate surface area is 131 Å². The van der Waals surface area contributed by atoms with Crippen LogP contribution in [0, 0.1) is 5.92 Å². The lowest BCUT2D eigenvalue weighted by atomic mass is 9.94. The molecule has 0 aromatic rings. The Morgan fingerprint density at radius 3 is 1.76 bits per heavy atom. The summed E-state index contributed by atoms with van der Waals surface area (Å²) in [6.45, 7) is 4.13. The molecule has 3 heteroatoms. The standard InChI is InChI=1S/C18H36O3/c1-3-5-6-7-8-9-10-11-12-13-14-16(18(20)21)15-17(19)4-2/h16-17,19H,3-15H2,1-2H3,(H,20,21). The molecule has 0 amide bonds. The smallest absolute Gasteiger partial charge is 0.306 e. The molecule has 0 aliphatic rings. The number of carboxylic acid groups (broad SMARTS) is 1. The van der Waals surface area contributed by atoms with Crippen LogP contribution < -0.4 is 0 Å². The number of carbonyl (C=O) groups is 1. The average molecular weight is 300 g/mol. The summed E-state index contributed by atoms with van der Waals surface area (Å²) in [5.41, 5.74) is 0. The summed E-state index contributed by atoms with van der Waals surface area (Å²) < 4.78 is 0. The van der Waals surface area contributed by atoms with Gasteiger partial charge in [-0.05, 0) is 19.3 Å². The molecular weight excluding hydrogens is 264 g/mol. The molecule has 2 unspecified atom stereocenters. The van der Waals surface area contributed by atoms with E-state index in [-0.39, 0.29) is 5.92 Å². The van der Waals surface area contributed by atoms with Crippen molar-refractivity contribution in [2.24, 2.45) is 5.92 Å². The van der Waals surface area contributed by atoms with Gasteiger partial charge in [-0.2, -0.15) is 0 Å². The molecule has 0 saturated carbocycles. The van der Waals surface area contributed by atoms with Gasteiger partial charge in [0.05, 0.1) is 12.0 Å². The minimum absolute atomic E-state index is 0.367. The van der Waals surface area contributed by atoms with Crippen LogP contribution in [0.3, 0.4) is 0 Å². The van der Waals surface area contributed by atoms with Crippen molar-refractivity contribution in [3.8, 4) is 0 Å². The first-order valence-corrected chi connectivity index (χ1v) is 9.02. The summed E-state index contributed by atoms with van der Waals surface area (Å²) in [4.78, 5) is 11.1. The molecule has 0 radical (unpaired) electrons. The Bertz CT molecular complexity index is 241. The normalized spacial score (nSPS) is 14.0. The Balaban J connectivity index is 3.48. The predicted octanol–water partition coefficient (Wildman–Crippen LogP) is 5.16. The van der Waals surface area contributed by atoms with Crippen molar-refractivity contribution in [2.75, 3.05) is 0 Å². The topological polar surface area (TPSA) is 57.5 Å². The molecule has 0 fully saturated rings. The first kappa shape index (κ1) is 20.4. The number of aliphatic hydroxyl groups is 1. The number of hydrogen-bond donors (Lipinski definition) is 2. The maximum atomic E-state index is 11.1.